The number of hydrogen-bond donors (Lipinski definition) is 0. The average molecular weight is 209 g/mol. The largest absolute Gasteiger partial charge is 0.469 e. The molecule has 5 heteroatoms. The van der Waals surface area contributed by atoms with E-state index in [9.17, 15) is 4.79 Å². The fourth-order valence-electron chi connectivity index (χ4n) is 2.04. The maximum Gasteiger partial charge on any atom is 0.308 e. The van der Waals surface area contributed by atoms with Crippen molar-refractivity contribution in [3.63, 3.8) is 0 Å². The van der Waals surface area contributed by atoms with Crippen LogP contribution in [-0.2, 0) is 22.5 Å². The molecule has 1 aliphatic heterocycles. The molecule has 1 aromatic heterocycles. The molecule has 0 N–H and O–H groups in total. The summed E-state index contributed by atoms with van der Waals surface area (Å²) in [5.41, 5.74) is 2.13. The van der Waals surface area contributed by atoms with E-state index in [0.29, 0.717) is 0 Å². The third-order valence-electron chi connectivity index (χ3n) is 2.99. The molecular weight excluding hydrogens is 194 g/mol. The van der Waals surface area contributed by atoms with Crippen LogP contribution in [0.5, 0.6) is 0 Å². The van der Waals surface area contributed by atoms with Gasteiger partial charge in [0.25, 0.3) is 0 Å². The maximum atomic E-state index is 11.4. The van der Waals surface area contributed by atoms with Crippen LogP contribution in [0.4, 0.5) is 0 Å². The number of carbonyl (C=O) groups is 1. The molecule has 0 fully saturated rings. The van der Waals surface area contributed by atoms with Gasteiger partial charge in [-0.05, 0) is 26.2 Å². The summed E-state index contributed by atoms with van der Waals surface area (Å²) in [6.45, 7) is 2.72. The number of aryl methyl sites for hydroxylation is 2. The minimum atomic E-state index is -0.105. The van der Waals surface area contributed by atoms with Crippen molar-refractivity contribution in [3.8, 4) is 0 Å². The molecule has 0 aliphatic carbocycles. The Labute approximate surface area is 88.4 Å². The Morgan fingerprint density at radius 2 is 2.33 bits per heavy atom. The molecule has 0 saturated carbocycles. The van der Waals surface area contributed by atoms with Gasteiger partial charge in [0.1, 0.15) is 0 Å². The van der Waals surface area contributed by atoms with Gasteiger partial charge in [-0.25, -0.2) is 4.68 Å². The van der Waals surface area contributed by atoms with Gasteiger partial charge in [0, 0.05) is 6.54 Å². The van der Waals surface area contributed by atoms with Crippen LogP contribution >= 0.6 is 0 Å². The van der Waals surface area contributed by atoms with Crippen molar-refractivity contribution in [1.29, 1.82) is 0 Å². The van der Waals surface area contributed by atoms with Crippen LogP contribution in [0.1, 0.15) is 24.2 Å². The van der Waals surface area contributed by atoms with Gasteiger partial charge < -0.3 is 4.74 Å². The molecule has 0 bridgehead atoms. The lowest BCUT2D eigenvalue weighted by molar-refractivity contribution is -0.145. The van der Waals surface area contributed by atoms with Gasteiger partial charge in [0.15, 0.2) is 0 Å². The topological polar surface area (TPSA) is 57.0 Å². The predicted molar refractivity (Wildman–Crippen MR) is 53.2 cm³/mol. The van der Waals surface area contributed by atoms with E-state index in [2.05, 4.69) is 10.3 Å². The first-order valence-electron chi connectivity index (χ1n) is 5.19. The number of fused-ring (bicyclic) bond motifs is 1. The zero-order chi connectivity index (χ0) is 10.8. The summed E-state index contributed by atoms with van der Waals surface area (Å²) in [5, 5.41) is 8.08. The third kappa shape index (κ3) is 1.86. The average Bonchev–Trinajstić information content (AvgIpc) is 2.50. The van der Waals surface area contributed by atoms with Crippen LogP contribution in [0.2, 0.25) is 0 Å². The Balaban J connectivity index is 2.12. The molecule has 82 valence electrons. The fourth-order valence-corrected chi connectivity index (χ4v) is 2.04. The number of carbonyl (C=O) groups excluding carboxylic acids is 1. The Morgan fingerprint density at radius 3 is 3.07 bits per heavy atom. The molecule has 15 heavy (non-hydrogen) atoms. The minimum absolute atomic E-state index is 0.0103. The predicted octanol–water partition coefficient (Wildman–Crippen LogP) is 0.712. The lowest BCUT2D eigenvalue weighted by Gasteiger charge is -2.09. The Morgan fingerprint density at radius 1 is 1.53 bits per heavy atom. The number of esters is 1. The lowest BCUT2D eigenvalue weighted by atomic mass is 10.00. The van der Waals surface area contributed by atoms with E-state index < -0.39 is 0 Å². The van der Waals surface area contributed by atoms with Crippen molar-refractivity contribution >= 4 is 5.97 Å². The summed E-state index contributed by atoms with van der Waals surface area (Å²) in [6, 6.07) is 0. The number of nitrogens with zero attached hydrogens (tertiary/aromatic N) is 3. The van der Waals surface area contributed by atoms with Crippen molar-refractivity contribution < 1.29 is 9.53 Å². The highest BCUT2D eigenvalue weighted by Crippen LogP contribution is 2.21. The number of methoxy groups -OCH3 is 1. The SMILES string of the molecule is COC(=O)[C@H]1CCc2c(C)nnn2CC1. The zero-order valence-electron chi connectivity index (χ0n) is 9.06. The van der Waals surface area contributed by atoms with Crippen LogP contribution < -0.4 is 0 Å². The molecule has 0 saturated heterocycles. The Bertz CT molecular complexity index is 373. The number of hydrogen-bond acceptors (Lipinski definition) is 4. The molecule has 1 aromatic rings. The number of aromatic nitrogens is 3. The molecule has 0 amide bonds. The van der Waals surface area contributed by atoms with Gasteiger partial charge in [0.05, 0.1) is 24.4 Å². The highest BCUT2D eigenvalue weighted by Gasteiger charge is 2.24. The quantitative estimate of drug-likeness (QED) is 0.639. The molecule has 1 aliphatic rings. The van der Waals surface area contributed by atoms with E-state index in [1.807, 2.05) is 11.6 Å². The second kappa shape index (κ2) is 4.00. The van der Waals surface area contributed by atoms with Crippen molar-refractivity contribution in [2.45, 2.75) is 32.7 Å². The van der Waals surface area contributed by atoms with E-state index in [1.165, 1.54) is 7.11 Å². The first-order valence-corrected chi connectivity index (χ1v) is 5.19. The monoisotopic (exact) mass is 209 g/mol. The first kappa shape index (κ1) is 10.1. The zero-order valence-corrected chi connectivity index (χ0v) is 9.06. The van der Waals surface area contributed by atoms with Crippen molar-refractivity contribution in [2.75, 3.05) is 7.11 Å². The van der Waals surface area contributed by atoms with Gasteiger partial charge in [-0.3, -0.25) is 4.79 Å². The lowest BCUT2D eigenvalue weighted by Crippen LogP contribution is -2.16. The van der Waals surface area contributed by atoms with E-state index >= 15 is 0 Å². The summed E-state index contributed by atoms with van der Waals surface area (Å²) in [4.78, 5) is 11.4. The van der Waals surface area contributed by atoms with Crippen molar-refractivity contribution in [1.82, 2.24) is 15.0 Å². The van der Waals surface area contributed by atoms with E-state index in [1.54, 1.807) is 0 Å². The Kier molecular flexibility index (Phi) is 2.70. The summed E-state index contributed by atoms with van der Waals surface area (Å²) in [5.74, 6) is -0.0949. The van der Waals surface area contributed by atoms with E-state index in [4.69, 9.17) is 4.74 Å². The second-order valence-corrected chi connectivity index (χ2v) is 3.89. The standard InChI is InChI=1S/C10H15N3O2/c1-7-9-4-3-8(10(14)15-2)5-6-13(9)12-11-7/h8H,3-6H2,1-2H3/t8-/m0/s1. The van der Waals surface area contributed by atoms with Crippen LogP contribution in [0, 0.1) is 12.8 Å². The first-order chi connectivity index (χ1) is 7.22. The van der Waals surface area contributed by atoms with Crippen molar-refractivity contribution in [2.24, 2.45) is 5.92 Å². The van der Waals surface area contributed by atoms with Gasteiger partial charge >= 0.3 is 5.97 Å². The summed E-state index contributed by atoms with van der Waals surface area (Å²) < 4.78 is 6.67. The molecular formula is C10H15N3O2. The molecule has 0 aromatic carbocycles. The van der Waals surface area contributed by atoms with Gasteiger partial charge in [-0.2, -0.15) is 0 Å². The molecule has 5 nitrogen and oxygen atoms in total. The highest BCUT2D eigenvalue weighted by atomic mass is 16.5. The number of ether oxygens (including phenoxy) is 1. The Hall–Kier alpha value is -1.39. The second-order valence-electron chi connectivity index (χ2n) is 3.89. The van der Waals surface area contributed by atoms with E-state index in [-0.39, 0.29) is 11.9 Å². The smallest absolute Gasteiger partial charge is 0.308 e. The van der Waals surface area contributed by atoms with Crippen LogP contribution in [0.3, 0.4) is 0 Å². The van der Waals surface area contributed by atoms with Crippen LogP contribution in [0.25, 0.3) is 0 Å². The molecule has 0 radical (unpaired) electrons. The summed E-state index contributed by atoms with van der Waals surface area (Å²) in [7, 11) is 1.44. The molecule has 0 spiro atoms. The third-order valence-corrected chi connectivity index (χ3v) is 2.99. The number of rotatable bonds is 1. The molecule has 2 heterocycles. The molecule has 0 unspecified atom stereocenters. The summed E-state index contributed by atoms with van der Waals surface area (Å²) >= 11 is 0. The maximum absolute atomic E-state index is 11.4. The van der Waals surface area contributed by atoms with Gasteiger partial charge in [-0.15, -0.1) is 5.10 Å². The van der Waals surface area contributed by atoms with Gasteiger partial charge in [-0.1, -0.05) is 5.21 Å². The van der Waals surface area contributed by atoms with E-state index in [0.717, 1.165) is 37.2 Å². The summed E-state index contributed by atoms with van der Waals surface area (Å²) in [6.07, 6.45) is 2.49. The molecule has 2 rings (SSSR count). The van der Waals surface area contributed by atoms with Crippen molar-refractivity contribution in [3.05, 3.63) is 11.4 Å². The van der Waals surface area contributed by atoms with Crippen LogP contribution in [0.15, 0.2) is 0 Å². The highest BCUT2D eigenvalue weighted by molar-refractivity contribution is 5.72. The fraction of sp³-hybridized carbons (Fsp3) is 0.700. The van der Waals surface area contributed by atoms with Crippen LogP contribution in [-0.4, -0.2) is 28.1 Å². The van der Waals surface area contributed by atoms with Gasteiger partial charge in [0.2, 0.25) is 0 Å². The minimum Gasteiger partial charge on any atom is -0.469 e. The normalized spacial score (nSPS) is 20.5. The molecule has 1 atom stereocenters.